The van der Waals surface area contributed by atoms with Gasteiger partial charge in [-0.3, -0.25) is 4.21 Å². The quantitative estimate of drug-likeness (QED) is 0.769. The second-order valence-corrected chi connectivity index (χ2v) is 4.20. The van der Waals surface area contributed by atoms with Crippen LogP contribution in [0.25, 0.3) is 0 Å². The Labute approximate surface area is 81.6 Å². The fourth-order valence-electron chi connectivity index (χ4n) is 0.831. The van der Waals surface area contributed by atoms with E-state index in [0.717, 1.165) is 12.1 Å². The van der Waals surface area contributed by atoms with Crippen molar-refractivity contribution in [2.24, 2.45) is 0 Å². The van der Waals surface area contributed by atoms with Crippen molar-refractivity contribution in [2.75, 3.05) is 5.75 Å². The summed E-state index contributed by atoms with van der Waals surface area (Å²) in [6.45, 7) is 1.68. The lowest BCUT2D eigenvalue weighted by molar-refractivity contribution is -0.137. The molecular formula is C8H8F3NOS. The summed E-state index contributed by atoms with van der Waals surface area (Å²) in [5, 5.41) is 0.181. The second-order valence-electron chi connectivity index (χ2n) is 2.52. The van der Waals surface area contributed by atoms with Gasteiger partial charge in [0, 0.05) is 11.9 Å². The largest absolute Gasteiger partial charge is 0.417 e. The van der Waals surface area contributed by atoms with Gasteiger partial charge in [-0.05, 0) is 12.1 Å². The lowest BCUT2D eigenvalue weighted by atomic mass is 10.3. The second kappa shape index (κ2) is 4.08. The Balaban J connectivity index is 2.95. The van der Waals surface area contributed by atoms with E-state index in [0.29, 0.717) is 11.9 Å². The minimum absolute atomic E-state index is 0.181. The lowest BCUT2D eigenvalue weighted by Gasteiger charge is -2.05. The maximum atomic E-state index is 12.1. The number of pyridine rings is 1. The van der Waals surface area contributed by atoms with Crippen molar-refractivity contribution in [3.8, 4) is 0 Å². The smallest absolute Gasteiger partial charge is 0.253 e. The topological polar surface area (TPSA) is 30.0 Å². The molecule has 1 rings (SSSR count). The van der Waals surface area contributed by atoms with E-state index in [2.05, 4.69) is 4.98 Å². The van der Waals surface area contributed by atoms with Crippen LogP contribution in [0.5, 0.6) is 0 Å². The van der Waals surface area contributed by atoms with Gasteiger partial charge in [-0.2, -0.15) is 13.2 Å². The third-order valence-electron chi connectivity index (χ3n) is 1.56. The van der Waals surface area contributed by atoms with E-state index >= 15 is 0 Å². The minimum atomic E-state index is -4.39. The summed E-state index contributed by atoms with van der Waals surface area (Å²) in [5.74, 6) is 0.346. The maximum absolute atomic E-state index is 12.1. The Kier molecular flexibility index (Phi) is 3.25. The molecule has 78 valence electrons. The van der Waals surface area contributed by atoms with Crippen molar-refractivity contribution in [2.45, 2.75) is 18.1 Å². The van der Waals surface area contributed by atoms with Gasteiger partial charge in [0.25, 0.3) is 0 Å². The minimum Gasteiger partial charge on any atom is -0.253 e. The molecule has 14 heavy (non-hydrogen) atoms. The van der Waals surface area contributed by atoms with E-state index < -0.39 is 22.5 Å². The monoisotopic (exact) mass is 223 g/mol. The van der Waals surface area contributed by atoms with Crippen molar-refractivity contribution in [1.82, 2.24) is 4.98 Å². The van der Waals surface area contributed by atoms with Crippen LogP contribution in [0, 0.1) is 0 Å². The molecule has 0 radical (unpaired) electrons. The summed E-state index contributed by atoms with van der Waals surface area (Å²) in [6.07, 6.45) is -3.69. The Morgan fingerprint density at radius 3 is 2.43 bits per heavy atom. The molecule has 2 nitrogen and oxygen atoms in total. The first-order valence-corrected chi connectivity index (χ1v) is 5.18. The zero-order valence-corrected chi connectivity index (χ0v) is 8.15. The molecule has 0 aliphatic rings. The summed E-state index contributed by atoms with van der Waals surface area (Å²) >= 11 is 0. The van der Waals surface area contributed by atoms with Crippen molar-refractivity contribution in [3.63, 3.8) is 0 Å². The Hall–Kier alpha value is -0.910. The van der Waals surface area contributed by atoms with Crippen molar-refractivity contribution < 1.29 is 17.4 Å². The highest BCUT2D eigenvalue weighted by Gasteiger charge is 2.30. The first kappa shape index (κ1) is 11.2. The highest BCUT2D eigenvalue weighted by Crippen LogP contribution is 2.28. The Morgan fingerprint density at radius 2 is 2.07 bits per heavy atom. The van der Waals surface area contributed by atoms with Crippen molar-refractivity contribution in [3.05, 3.63) is 23.9 Å². The third kappa shape index (κ3) is 2.54. The number of halogens is 3. The molecule has 6 heteroatoms. The van der Waals surface area contributed by atoms with Crippen LogP contribution in [0.3, 0.4) is 0 Å². The van der Waals surface area contributed by atoms with Gasteiger partial charge in [-0.1, -0.05) is 6.92 Å². The van der Waals surface area contributed by atoms with E-state index in [1.165, 1.54) is 0 Å². The standard InChI is InChI=1S/C8H8F3NOS/c1-2-14(13)7-4-3-6(5-12-7)8(9,10)11/h3-5H,2H2,1H3. The molecule has 1 unspecified atom stereocenters. The Morgan fingerprint density at radius 1 is 1.43 bits per heavy atom. The predicted octanol–water partition coefficient (Wildman–Crippen LogP) is 2.23. The highest BCUT2D eigenvalue weighted by atomic mass is 32.2. The van der Waals surface area contributed by atoms with Gasteiger partial charge in [0.2, 0.25) is 0 Å². The summed E-state index contributed by atoms with van der Waals surface area (Å²) in [7, 11) is -1.30. The van der Waals surface area contributed by atoms with Crippen LogP contribution >= 0.6 is 0 Å². The molecule has 0 aliphatic heterocycles. The van der Waals surface area contributed by atoms with Crippen LogP contribution in [0.2, 0.25) is 0 Å². The van der Waals surface area contributed by atoms with Crippen LogP contribution in [-0.4, -0.2) is 14.9 Å². The molecule has 0 amide bonds. The maximum Gasteiger partial charge on any atom is 0.417 e. The summed E-state index contributed by atoms with van der Waals surface area (Å²) in [4.78, 5) is 3.50. The van der Waals surface area contributed by atoms with Gasteiger partial charge in [0.05, 0.1) is 16.4 Å². The number of hydrogen-bond acceptors (Lipinski definition) is 2. The van der Waals surface area contributed by atoms with Crippen LogP contribution in [0.4, 0.5) is 13.2 Å². The summed E-state index contributed by atoms with van der Waals surface area (Å²) < 4.78 is 47.4. The van der Waals surface area contributed by atoms with Gasteiger partial charge in [-0.25, -0.2) is 4.98 Å². The highest BCUT2D eigenvalue weighted by molar-refractivity contribution is 7.84. The molecule has 0 aliphatic carbocycles. The molecule has 0 spiro atoms. The van der Waals surface area contributed by atoms with E-state index in [-0.39, 0.29) is 5.03 Å². The molecule has 1 aromatic heterocycles. The molecule has 0 saturated heterocycles. The molecular weight excluding hydrogens is 215 g/mol. The van der Waals surface area contributed by atoms with E-state index in [1.54, 1.807) is 6.92 Å². The van der Waals surface area contributed by atoms with E-state index in [9.17, 15) is 17.4 Å². The van der Waals surface area contributed by atoms with Crippen LogP contribution in [0.1, 0.15) is 12.5 Å². The van der Waals surface area contributed by atoms with Crippen LogP contribution in [0.15, 0.2) is 23.4 Å². The molecule has 1 atom stereocenters. The van der Waals surface area contributed by atoms with Gasteiger partial charge in [-0.15, -0.1) is 0 Å². The van der Waals surface area contributed by atoms with E-state index in [1.807, 2.05) is 0 Å². The number of rotatable bonds is 2. The number of alkyl halides is 3. The Bertz CT molecular complexity index is 333. The molecule has 0 aromatic carbocycles. The number of aromatic nitrogens is 1. The predicted molar refractivity (Wildman–Crippen MR) is 46.2 cm³/mol. The summed E-state index contributed by atoms with van der Waals surface area (Å²) in [5.41, 5.74) is -0.825. The zero-order chi connectivity index (χ0) is 10.8. The lowest BCUT2D eigenvalue weighted by Crippen LogP contribution is -2.06. The normalized spacial score (nSPS) is 14.0. The first-order chi connectivity index (χ1) is 6.45. The molecule has 0 N–H and O–H groups in total. The molecule has 0 fully saturated rings. The van der Waals surface area contributed by atoms with Crippen molar-refractivity contribution in [1.29, 1.82) is 0 Å². The molecule has 0 saturated carbocycles. The SMILES string of the molecule is CCS(=O)c1ccc(C(F)(F)F)cn1. The van der Waals surface area contributed by atoms with E-state index in [4.69, 9.17) is 0 Å². The first-order valence-electron chi connectivity index (χ1n) is 3.86. The van der Waals surface area contributed by atoms with Gasteiger partial charge < -0.3 is 0 Å². The van der Waals surface area contributed by atoms with Crippen LogP contribution in [-0.2, 0) is 17.0 Å². The van der Waals surface area contributed by atoms with Gasteiger partial charge in [0.15, 0.2) is 0 Å². The average Bonchev–Trinajstić information content (AvgIpc) is 2.15. The zero-order valence-electron chi connectivity index (χ0n) is 7.34. The number of hydrogen-bond donors (Lipinski definition) is 0. The molecule has 0 bridgehead atoms. The number of nitrogens with zero attached hydrogens (tertiary/aromatic N) is 1. The molecule has 1 heterocycles. The molecule has 1 aromatic rings. The van der Waals surface area contributed by atoms with Crippen molar-refractivity contribution >= 4 is 10.8 Å². The summed E-state index contributed by atoms with van der Waals surface area (Å²) in [6, 6.07) is 2.03. The average molecular weight is 223 g/mol. The third-order valence-corrected chi connectivity index (χ3v) is 2.79. The van der Waals surface area contributed by atoms with Gasteiger partial charge in [0.1, 0.15) is 5.03 Å². The van der Waals surface area contributed by atoms with Gasteiger partial charge >= 0.3 is 6.18 Å². The fourth-order valence-corrected chi connectivity index (χ4v) is 1.52. The van der Waals surface area contributed by atoms with Crippen LogP contribution < -0.4 is 0 Å². The fraction of sp³-hybridized carbons (Fsp3) is 0.375.